The third kappa shape index (κ3) is 3.40. The van der Waals surface area contributed by atoms with Crippen LogP contribution in [0.25, 0.3) is 0 Å². The van der Waals surface area contributed by atoms with Gasteiger partial charge in [-0.05, 0) is 42.9 Å². The van der Waals surface area contributed by atoms with Crippen LogP contribution in [0.5, 0.6) is 5.75 Å². The summed E-state index contributed by atoms with van der Waals surface area (Å²) in [4.78, 5) is 12.0. The zero-order chi connectivity index (χ0) is 13.0. The quantitative estimate of drug-likeness (QED) is 0.821. The van der Waals surface area contributed by atoms with Crippen LogP contribution in [0.4, 0.5) is 0 Å². The van der Waals surface area contributed by atoms with Gasteiger partial charge < -0.3 is 9.84 Å². The van der Waals surface area contributed by atoms with Crippen LogP contribution in [0.15, 0.2) is 17.0 Å². The molecular formula is C13H18O3S. The van der Waals surface area contributed by atoms with Crippen LogP contribution in [-0.2, 0) is 11.2 Å². The summed E-state index contributed by atoms with van der Waals surface area (Å²) in [6, 6.07) is 3.99. The summed E-state index contributed by atoms with van der Waals surface area (Å²) in [5.41, 5.74) is 2.11. The number of carboxylic acid groups (broad SMARTS) is 1. The van der Waals surface area contributed by atoms with Crippen molar-refractivity contribution in [2.24, 2.45) is 5.92 Å². The summed E-state index contributed by atoms with van der Waals surface area (Å²) < 4.78 is 5.30. The van der Waals surface area contributed by atoms with E-state index in [2.05, 4.69) is 0 Å². The van der Waals surface area contributed by atoms with Crippen molar-refractivity contribution >= 4 is 17.7 Å². The van der Waals surface area contributed by atoms with Gasteiger partial charge in [0.2, 0.25) is 0 Å². The van der Waals surface area contributed by atoms with Crippen molar-refractivity contribution in [2.75, 3.05) is 13.4 Å². The molecule has 0 fully saturated rings. The molecule has 0 spiro atoms. The van der Waals surface area contributed by atoms with E-state index in [1.54, 1.807) is 25.8 Å². The first-order valence-electron chi connectivity index (χ1n) is 5.44. The van der Waals surface area contributed by atoms with Crippen LogP contribution in [-0.4, -0.2) is 24.4 Å². The maximum atomic E-state index is 10.9. The monoisotopic (exact) mass is 254 g/mol. The lowest BCUT2D eigenvalue weighted by Crippen LogP contribution is -2.13. The van der Waals surface area contributed by atoms with Gasteiger partial charge in [-0.3, -0.25) is 4.79 Å². The Morgan fingerprint density at radius 3 is 2.65 bits per heavy atom. The number of rotatable bonds is 5. The molecule has 0 aliphatic carbocycles. The third-order valence-corrected chi connectivity index (χ3v) is 3.63. The zero-order valence-electron chi connectivity index (χ0n) is 10.6. The van der Waals surface area contributed by atoms with Crippen molar-refractivity contribution in [1.82, 2.24) is 0 Å². The van der Waals surface area contributed by atoms with Gasteiger partial charge in [-0.1, -0.05) is 6.92 Å². The van der Waals surface area contributed by atoms with Gasteiger partial charge in [-0.2, -0.15) is 0 Å². The summed E-state index contributed by atoms with van der Waals surface area (Å²) >= 11 is 1.66. The number of thioether (sulfide) groups is 1. The Balaban J connectivity index is 3.08. The van der Waals surface area contributed by atoms with Gasteiger partial charge in [0.1, 0.15) is 5.75 Å². The number of hydrogen-bond donors (Lipinski definition) is 1. The Morgan fingerprint density at radius 1 is 1.53 bits per heavy atom. The van der Waals surface area contributed by atoms with Crippen molar-refractivity contribution in [3.05, 3.63) is 23.3 Å². The summed E-state index contributed by atoms with van der Waals surface area (Å²) in [6.45, 7) is 3.74. The van der Waals surface area contributed by atoms with Gasteiger partial charge in [0, 0.05) is 4.90 Å². The van der Waals surface area contributed by atoms with Crippen molar-refractivity contribution in [3.63, 3.8) is 0 Å². The Kier molecular flexibility index (Phi) is 4.87. The fourth-order valence-corrected chi connectivity index (χ4v) is 2.33. The molecule has 1 aromatic carbocycles. The molecule has 0 aromatic heterocycles. The number of ether oxygens (including phenoxy) is 1. The standard InChI is InChI=1S/C13H18O3S/c1-8-6-11(16-3)10(7-12(8)17-4)5-9(2)13(14)15/h6-7,9H,5H2,1-4H3,(H,14,15). The maximum Gasteiger partial charge on any atom is 0.306 e. The van der Waals surface area contributed by atoms with Gasteiger partial charge >= 0.3 is 5.97 Å². The molecule has 0 amide bonds. The second kappa shape index (κ2) is 5.96. The normalized spacial score (nSPS) is 12.2. The van der Waals surface area contributed by atoms with Crippen LogP contribution in [0.2, 0.25) is 0 Å². The molecule has 0 aliphatic rings. The molecule has 0 radical (unpaired) electrons. The van der Waals surface area contributed by atoms with Crippen LogP contribution >= 0.6 is 11.8 Å². The Bertz CT molecular complexity index is 415. The predicted molar refractivity (Wildman–Crippen MR) is 70.0 cm³/mol. The highest BCUT2D eigenvalue weighted by Crippen LogP contribution is 2.30. The molecule has 3 nitrogen and oxygen atoms in total. The number of hydrogen-bond acceptors (Lipinski definition) is 3. The van der Waals surface area contributed by atoms with E-state index in [9.17, 15) is 4.79 Å². The first-order chi connectivity index (χ1) is 7.99. The van der Waals surface area contributed by atoms with E-state index >= 15 is 0 Å². The van der Waals surface area contributed by atoms with E-state index in [-0.39, 0.29) is 0 Å². The molecule has 0 saturated carbocycles. The average molecular weight is 254 g/mol. The van der Waals surface area contributed by atoms with E-state index in [0.717, 1.165) is 16.9 Å². The Labute approximate surface area is 106 Å². The first kappa shape index (κ1) is 13.9. The summed E-state index contributed by atoms with van der Waals surface area (Å²) in [5.74, 6) is -0.409. The topological polar surface area (TPSA) is 46.5 Å². The largest absolute Gasteiger partial charge is 0.496 e. The van der Waals surface area contributed by atoms with E-state index in [1.807, 2.05) is 25.3 Å². The summed E-state index contributed by atoms with van der Waals surface area (Å²) in [7, 11) is 1.61. The minimum absolute atomic E-state index is 0.402. The van der Waals surface area contributed by atoms with Crippen LogP contribution in [0, 0.1) is 12.8 Å². The number of methoxy groups -OCH3 is 1. The molecule has 1 atom stereocenters. The lowest BCUT2D eigenvalue weighted by molar-refractivity contribution is -0.141. The van der Waals surface area contributed by atoms with Gasteiger partial charge in [-0.25, -0.2) is 0 Å². The number of aliphatic carboxylic acids is 1. The van der Waals surface area contributed by atoms with Crippen molar-refractivity contribution in [3.8, 4) is 5.75 Å². The number of carbonyl (C=O) groups is 1. The van der Waals surface area contributed by atoms with E-state index in [0.29, 0.717) is 6.42 Å². The molecule has 1 N–H and O–H groups in total. The van der Waals surface area contributed by atoms with Crippen molar-refractivity contribution in [1.29, 1.82) is 0 Å². The molecular weight excluding hydrogens is 236 g/mol. The average Bonchev–Trinajstić information content (AvgIpc) is 2.30. The van der Waals surface area contributed by atoms with E-state index in [4.69, 9.17) is 9.84 Å². The van der Waals surface area contributed by atoms with Crippen LogP contribution in [0.3, 0.4) is 0 Å². The molecule has 0 bridgehead atoms. The SMILES string of the molecule is COc1cc(C)c(SC)cc1CC(C)C(=O)O. The predicted octanol–water partition coefficient (Wildman–Crippen LogP) is 2.99. The smallest absolute Gasteiger partial charge is 0.306 e. The molecule has 17 heavy (non-hydrogen) atoms. The van der Waals surface area contributed by atoms with Gasteiger partial charge in [0.05, 0.1) is 13.0 Å². The molecule has 94 valence electrons. The van der Waals surface area contributed by atoms with Crippen LogP contribution < -0.4 is 4.74 Å². The van der Waals surface area contributed by atoms with Crippen molar-refractivity contribution < 1.29 is 14.6 Å². The molecule has 4 heteroatoms. The molecule has 0 aliphatic heterocycles. The molecule has 1 aromatic rings. The molecule has 1 rings (SSSR count). The number of aryl methyl sites for hydroxylation is 1. The highest BCUT2D eigenvalue weighted by atomic mass is 32.2. The summed E-state index contributed by atoms with van der Waals surface area (Å²) in [6.07, 6.45) is 2.51. The number of benzene rings is 1. The lowest BCUT2D eigenvalue weighted by atomic mass is 9.99. The summed E-state index contributed by atoms with van der Waals surface area (Å²) in [5, 5.41) is 8.94. The highest BCUT2D eigenvalue weighted by Gasteiger charge is 2.16. The van der Waals surface area contributed by atoms with Gasteiger partial charge in [0.25, 0.3) is 0 Å². The van der Waals surface area contributed by atoms with Gasteiger partial charge in [-0.15, -0.1) is 11.8 Å². The maximum absolute atomic E-state index is 10.9. The van der Waals surface area contributed by atoms with Gasteiger partial charge in [0.15, 0.2) is 0 Å². The van der Waals surface area contributed by atoms with Crippen LogP contribution in [0.1, 0.15) is 18.1 Å². The Hall–Kier alpha value is -1.16. The molecule has 0 heterocycles. The third-order valence-electron chi connectivity index (χ3n) is 2.75. The lowest BCUT2D eigenvalue weighted by Gasteiger charge is -2.14. The van der Waals surface area contributed by atoms with E-state index in [1.165, 1.54) is 4.90 Å². The second-order valence-electron chi connectivity index (χ2n) is 4.08. The first-order valence-corrected chi connectivity index (χ1v) is 6.66. The van der Waals surface area contributed by atoms with Crippen molar-refractivity contribution in [2.45, 2.75) is 25.2 Å². The minimum atomic E-state index is -0.779. The second-order valence-corrected chi connectivity index (χ2v) is 4.93. The zero-order valence-corrected chi connectivity index (χ0v) is 11.4. The highest BCUT2D eigenvalue weighted by molar-refractivity contribution is 7.98. The van der Waals surface area contributed by atoms with E-state index < -0.39 is 11.9 Å². The molecule has 1 unspecified atom stereocenters. The minimum Gasteiger partial charge on any atom is -0.496 e. The Morgan fingerprint density at radius 2 is 2.18 bits per heavy atom. The fourth-order valence-electron chi connectivity index (χ4n) is 1.69. The number of carboxylic acids is 1. The fraction of sp³-hybridized carbons (Fsp3) is 0.462. The molecule has 0 saturated heterocycles.